The zero-order chi connectivity index (χ0) is 21.3. The average molecular weight is 402 g/mol. The summed E-state index contributed by atoms with van der Waals surface area (Å²) in [5.41, 5.74) is 3.10. The van der Waals surface area contributed by atoms with E-state index >= 15 is 0 Å². The summed E-state index contributed by atoms with van der Waals surface area (Å²) >= 11 is 0. The van der Waals surface area contributed by atoms with E-state index in [1.165, 1.54) is 6.92 Å². The number of rotatable bonds is 5. The number of ether oxygens (including phenoxy) is 1. The van der Waals surface area contributed by atoms with Gasteiger partial charge in [-0.3, -0.25) is 4.79 Å². The Morgan fingerprint density at radius 2 is 1.67 bits per heavy atom. The number of carbonyl (C=O) groups excluding carboxylic acids is 2. The molecule has 3 aromatic rings. The maximum absolute atomic E-state index is 12.4. The summed E-state index contributed by atoms with van der Waals surface area (Å²) in [5, 5.41) is 10.2. The number of allylic oxidation sites excluding steroid dienone is 1. The average Bonchev–Trinajstić information content (AvgIpc) is 3.04. The summed E-state index contributed by atoms with van der Waals surface area (Å²) in [6.07, 6.45) is 0. The number of hydrogen-bond acceptors (Lipinski definition) is 4. The molecule has 0 saturated heterocycles. The van der Waals surface area contributed by atoms with Crippen molar-refractivity contribution in [1.82, 2.24) is 20.4 Å². The van der Waals surface area contributed by atoms with E-state index in [0.29, 0.717) is 34.2 Å². The minimum absolute atomic E-state index is 0.137. The lowest BCUT2D eigenvalue weighted by Crippen LogP contribution is -2.45. The molecule has 7 heteroatoms. The first-order valence-corrected chi connectivity index (χ1v) is 9.62. The van der Waals surface area contributed by atoms with E-state index in [4.69, 9.17) is 4.74 Å². The standard InChI is InChI=1S/C23H22N4O3/c1-14-19(16(3)28)21(25-23(29)24-14)20-15(2)26-27(17-10-6-4-7-11-17)22(20)30-18-12-8-5-9-13-18/h4-13,21H,1-3H3,(H2,24,25,29). The molecule has 0 bridgehead atoms. The summed E-state index contributed by atoms with van der Waals surface area (Å²) in [7, 11) is 0. The van der Waals surface area contributed by atoms with Gasteiger partial charge in [0.2, 0.25) is 5.88 Å². The fourth-order valence-corrected chi connectivity index (χ4v) is 3.67. The number of ketones is 1. The lowest BCUT2D eigenvalue weighted by atomic mass is 9.93. The molecule has 0 spiro atoms. The van der Waals surface area contributed by atoms with Crippen LogP contribution >= 0.6 is 0 Å². The van der Waals surface area contributed by atoms with E-state index in [2.05, 4.69) is 15.7 Å². The highest BCUT2D eigenvalue weighted by Crippen LogP contribution is 2.39. The van der Waals surface area contributed by atoms with Crippen LogP contribution in [0.3, 0.4) is 0 Å². The van der Waals surface area contributed by atoms with E-state index < -0.39 is 6.04 Å². The van der Waals surface area contributed by atoms with Gasteiger partial charge in [-0.15, -0.1) is 0 Å². The SMILES string of the molecule is CC(=O)C1=C(C)NC(=O)NC1c1c(C)nn(-c2ccccc2)c1Oc1ccccc1. The highest BCUT2D eigenvalue weighted by molar-refractivity contribution is 5.98. The second-order valence-corrected chi connectivity index (χ2v) is 7.09. The van der Waals surface area contributed by atoms with Gasteiger partial charge in [0.05, 0.1) is 23.0 Å². The number of nitrogens with one attached hydrogen (secondary N) is 2. The van der Waals surface area contributed by atoms with Crippen molar-refractivity contribution in [2.75, 3.05) is 0 Å². The highest BCUT2D eigenvalue weighted by Gasteiger charge is 2.35. The number of nitrogens with zero attached hydrogens (tertiary/aromatic N) is 2. The zero-order valence-electron chi connectivity index (χ0n) is 17.0. The summed E-state index contributed by atoms with van der Waals surface area (Å²) < 4.78 is 7.96. The molecule has 0 aliphatic carbocycles. The Morgan fingerprint density at radius 3 is 2.30 bits per heavy atom. The van der Waals surface area contributed by atoms with Crippen molar-refractivity contribution in [3.63, 3.8) is 0 Å². The molecule has 4 rings (SSSR count). The van der Waals surface area contributed by atoms with Gasteiger partial charge in [-0.2, -0.15) is 5.10 Å². The molecule has 2 aromatic carbocycles. The van der Waals surface area contributed by atoms with E-state index in [9.17, 15) is 9.59 Å². The fraction of sp³-hybridized carbons (Fsp3) is 0.174. The van der Waals surface area contributed by atoms with E-state index in [1.807, 2.05) is 67.6 Å². The van der Waals surface area contributed by atoms with Crippen LogP contribution in [0.25, 0.3) is 5.69 Å². The number of Topliss-reactive ketones (excluding diaryl/α,β-unsaturated/α-hetero) is 1. The Kier molecular flexibility index (Phi) is 5.10. The van der Waals surface area contributed by atoms with Crippen molar-refractivity contribution in [3.05, 3.63) is 83.2 Å². The Balaban J connectivity index is 1.93. The molecular formula is C23H22N4O3. The van der Waals surface area contributed by atoms with E-state index in [0.717, 1.165) is 5.69 Å². The van der Waals surface area contributed by atoms with Crippen LogP contribution in [0.1, 0.15) is 31.1 Å². The first-order valence-electron chi connectivity index (χ1n) is 9.62. The number of carbonyl (C=O) groups is 2. The monoisotopic (exact) mass is 402 g/mol. The van der Waals surface area contributed by atoms with Gasteiger partial charge >= 0.3 is 6.03 Å². The van der Waals surface area contributed by atoms with Gasteiger partial charge in [-0.05, 0) is 45.0 Å². The third-order valence-corrected chi connectivity index (χ3v) is 4.96. The Morgan fingerprint density at radius 1 is 1.03 bits per heavy atom. The van der Waals surface area contributed by atoms with Crippen molar-refractivity contribution >= 4 is 11.8 Å². The number of aromatic nitrogens is 2. The van der Waals surface area contributed by atoms with Gasteiger partial charge in [-0.1, -0.05) is 36.4 Å². The molecular weight excluding hydrogens is 380 g/mol. The third kappa shape index (κ3) is 3.57. The lowest BCUT2D eigenvalue weighted by Gasteiger charge is -2.28. The Bertz CT molecular complexity index is 1130. The van der Waals surface area contributed by atoms with Gasteiger partial charge in [-0.25, -0.2) is 9.48 Å². The molecule has 1 unspecified atom stereocenters. The molecule has 2 amide bonds. The smallest absolute Gasteiger partial charge is 0.319 e. The number of amides is 2. The highest BCUT2D eigenvalue weighted by atomic mass is 16.5. The predicted molar refractivity (Wildman–Crippen MR) is 113 cm³/mol. The summed E-state index contributed by atoms with van der Waals surface area (Å²) in [4.78, 5) is 24.7. The third-order valence-electron chi connectivity index (χ3n) is 4.96. The van der Waals surface area contributed by atoms with E-state index in [1.54, 1.807) is 11.6 Å². The second kappa shape index (κ2) is 7.87. The molecule has 2 N–H and O–H groups in total. The van der Waals surface area contributed by atoms with Crippen LogP contribution in [-0.4, -0.2) is 21.6 Å². The minimum Gasteiger partial charge on any atom is -0.439 e. The largest absolute Gasteiger partial charge is 0.439 e. The van der Waals surface area contributed by atoms with E-state index in [-0.39, 0.29) is 11.8 Å². The number of urea groups is 1. The topological polar surface area (TPSA) is 85.3 Å². The molecule has 1 aromatic heterocycles. The molecule has 1 aliphatic heterocycles. The van der Waals surface area contributed by atoms with Crippen molar-refractivity contribution in [2.24, 2.45) is 0 Å². The van der Waals surface area contributed by atoms with Crippen LogP contribution in [0.5, 0.6) is 11.6 Å². The van der Waals surface area contributed by atoms with Gasteiger partial charge in [0, 0.05) is 11.3 Å². The molecule has 2 heterocycles. The zero-order valence-corrected chi connectivity index (χ0v) is 17.0. The molecule has 152 valence electrons. The van der Waals surface area contributed by atoms with Crippen LogP contribution in [0.15, 0.2) is 71.9 Å². The first-order chi connectivity index (χ1) is 14.5. The number of aryl methyl sites for hydroxylation is 1. The number of hydrogen-bond donors (Lipinski definition) is 2. The van der Waals surface area contributed by atoms with Gasteiger partial charge < -0.3 is 15.4 Å². The maximum atomic E-state index is 12.4. The van der Waals surface area contributed by atoms with Crippen LogP contribution < -0.4 is 15.4 Å². The minimum atomic E-state index is -0.674. The van der Waals surface area contributed by atoms with Gasteiger partial charge in [0.1, 0.15) is 5.75 Å². The summed E-state index contributed by atoms with van der Waals surface area (Å²) in [6, 6.07) is 17.9. The van der Waals surface area contributed by atoms with Crippen molar-refractivity contribution < 1.29 is 14.3 Å². The Hall–Kier alpha value is -3.87. The van der Waals surface area contributed by atoms with Gasteiger partial charge in [0.25, 0.3) is 0 Å². The lowest BCUT2D eigenvalue weighted by molar-refractivity contribution is -0.114. The fourth-order valence-electron chi connectivity index (χ4n) is 3.67. The van der Waals surface area contributed by atoms with Crippen LogP contribution in [0.4, 0.5) is 4.79 Å². The summed E-state index contributed by atoms with van der Waals surface area (Å²) in [6.45, 7) is 5.05. The molecule has 0 fully saturated rings. The number of para-hydroxylation sites is 2. The molecule has 1 aliphatic rings. The molecule has 0 radical (unpaired) electrons. The second-order valence-electron chi connectivity index (χ2n) is 7.09. The van der Waals surface area contributed by atoms with Crippen molar-refractivity contribution in [2.45, 2.75) is 26.8 Å². The molecule has 0 saturated carbocycles. The van der Waals surface area contributed by atoms with Crippen LogP contribution in [0, 0.1) is 6.92 Å². The molecule has 7 nitrogen and oxygen atoms in total. The summed E-state index contributed by atoms with van der Waals surface area (Å²) in [5.74, 6) is 0.937. The van der Waals surface area contributed by atoms with Crippen molar-refractivity contribution in [1.29, 1.82) is 0 Å². The molecule has 30 heavy (non-hydrogen) atoms. The first kappa shape index (κ1) is 19.4. The van der Waals surface area contributed by atoms with Crippen molar-refractivity contribution in [3.8, 4) is 17.3 Å². The quantitative estimate of drug-likeness (QED) is 0.670. The Labute approximate surface area is 174 Å². The number of benzene rings is 2. The van der Waals surface area contributed by atoms with Crippen LogP contribution in [-0.2, 0) is 4.79 Å². The predicted octanol–water partition coefficient (Wildman–Crippen LogP) is 4.19. The normalized spacial score (nSPS) is 16.1. The van der Waals surface area contributed by atoms with Crippen LogP contribution in [0.2, 0.25) is 0 Å². The van der Waals surface area contributed by atoms with Gasteiger partial charge in [0.15, 0.2) is 5.78 Å². The molecule has 1 atom stereocenters. The maximum Gasteiger partial charge on any atom is 0.319 e.